The third-order valence-electron chi connectivity index (χ3n) is 6.55. The minimum Gasteiger partial charge on any atom is -0.505 e. The highest BCUT2D eigenvalue weighted by Gasteiger charge is 2.43. The molecule has 0 fully saturated rings. The molecule has 38 heavy (non-hydrogen) atoms. The van der Waals surface area contributed by atoms with Gasteiger partial charge in [0.2, 0.25) is 10.0 Å². The summed E-state index contributed by atoms with van der Waals surface area (Å²) >= 11 is 6.17. The first-order valence-electron chi connectivity index (χ1n) is 11.7. The lowest BCUT2D eigenvalue weighted by atomic mass is 9.98. The van der Waals surface area contributed by atoms with Crippen LogP contribution >= 0.6 is 11.6 Å². The Bertz CT molecular complexity index is 1620. The minimum absolute atomic E-state index is 0.0409. The molecule has 0 radical (unpaired) electrons. The molecule has 1 aliphatic heterocycles. The quantitative estimate of drug-likeness (QED) is 0.419. The predicted octanol–water partition coefficient (Wildman–Crippen LogP) is 3.78. The van der Waals surface area contributed by atoms with Crippen molar-refractivity contribution in [3.8, 4) is 5.75 Å². The van der Waals surface area contributed by atoms with Crippen molar-refractivity contribution >= 4 is 50.0 Å². The van der Waals surface area contributed by atoms with Crippen LogP contribution in [0.3, 0.4) is 0 Å². The molecule has 2 heterocycles. The number of halogens is 2. The van der Waals surface area contributed by atoms with E-state index in [9.17, 15) is 32.6 Å². The zero-order valence-corrected chi connectivity index (χ0v) is 23.0. The fourth-order valence-electron chi connectivity index (χ4n) is 4.37. The van der Waals surface area contributed by atoms with E-state index >= 15 is 0 Å². The molecule has 2 N–H and O–H groups in total. The number of phenolic OH excluding ortho intramolecular Hbond substituents is 1. The second-order valence-corrected chi connectivity index (χ2v) is 12.5. The third kappa shape index (κ3) is 4.93. The number of hydrogen-bond donors (Lipinski definition) is 2. The lowest BCUT2D eigenvalue weighted by molar-refractivity contribution is 0.0478. The number of carbonyl (C=O) groups is 2. The number of fused-ring (bicyclic) bond motifs is 2. The zero-order valence-electron chi connectivity index (χ0n) is 21.5. The maximum atomic E-state index is 14.6. The van der Waals surface area contributed by atoms with E-state index in [0.717, 1.165) is 15.5 Å². The Balaban J connectivity index is 1.94. The van der Waals surface area contributed by atoms with Gasteiger partial charge in [0.1, 0.15) is 11.3 Å². The Hall–Kier alpha value is -3.28. The van der Waals surface area contributed by atoms with Crippen LogP contribution in [-0.2, 0) is 16.4 Å². The van der Waals surface area contributed by atoms with E-state index in [0.29, 0.717) is 16.1 Å². The number of rotatable bonds is 7. The van der Waals surface area contributed by atoms with E-state index in [4.69, 9.17) is 11.6 Å². The molecule has 1 aliphatic rings. The number of aromatic nitrogens is 1. The number of amides is 2. The molecule has 0 aliphatic carbocycles. The summed E-state index contributed by atoms with van der Waals surface area (Å²) in [5.74, 6) is -2.68. The van der Waals surface area contributed by atoms with Gasteiger partial charge in [0, 0.05) is 36.6 Å². The van der Waals surface area contributed by atoms with E-state index in [1.54, 1.807) is 6.92 Å². The summed E-state index contributed by atoms with van der Waals surface area (Å²) in [7, 11) is -2.71. The number of aliphatic hydroxyl groups is 1. The maximum absolute atomic E-state index is 14.6. The van der Waals surface area contributed by atoms with Crippen molar-refractivity contribution in [2.75, 3.05) is 24.2 Å². The van der Waals surface area contributed by atoms with E-state index in [2.05, 4.69) is 4.98 Å². The maximum Gasteiger partial charge on any atom is 0.265 e. The monoisotopic (exact) mass is 563 g/mol. The van der Waals surface area contributed by atoms with Gasteiger partial charge in [-0.05, 0) is 62.1 Å². The molecule has 4 rings (SSSR count). The number of phenols is 1. The fourth-order valence-corrected chi connectivity index (χ4v) is 5.07. The van der Waals surface area contributed by atoms with Crippen LogP contribution in [0, 0.1) is 12.7 Å². The summed E-state index contributed by atoms with van der Waals surface area (Å²) < 4.78 is 40.7. The largest absolute Gasteiger partial charge is 0.505 e. The van der Waals surface area contributed by atoms with Gasteiger partial charge >= 0.3 is 0 Å². The molecule has 9 nitrogen and oxygen atoms in total. The summed E-state index contributed by atoms with van der Waals surface area (Å²) in [6.45, 7) is 4.57. The summed E-state index contributed by atoms with van der Waals surface area (Å²) in [5.41, 5.74) is -0.753. The van der Waals surface area contributed by atoms with E-state index in [1.165, 1.54) is 45.3 Å². The lowest BCUT2D eigenvalue weighted by Crippen LogP contribution is -2.35. The van der Waals surface area contributed by atoms with Crippen LogP contribution in [0.25, 0.3) is 10.9 Å². The fraction of sp³-hybridized carbons (Fsp3) is 0.346. The number of aromatic hydroxyl groups is 1. The first-order valence-corrected chi connectivity index (χ1v) is 13.9. The van der Waals surface area contributed by atoms with Crippen molar-refractivity contribution < 1.29 is 32.6 Å². The van der Waals surface area contributed by atoms with Crippen molar-refractivity contribution in [3.05, 3.63) is 63.1 Å². The van der Waals surface area contributed by atoms with Gasteiger partial charge in [0.25, 0.3) is 11.8 Å². The van der Waals surface area contributed by atoms with Crippen molar-refractivity contribution in [1.29, 1.82) is 0 Å². The first kappa shape index (κ1) is 27.7. The summed E-state index contributed by atoms with van der Waals surface area (Å²) in [6, 6.07) is 4.30. The number of nitrogens with zero attached hydrogens (tertiary/aromatic N) is 3. The molecule has 12 heteroatoms. The molecule has 0 spiro atoms. The number of sulfonamides is 1. The topological polar surface area (TPSA) is 128 Å². The van der Waals surface area contributed by atoms with Gasteiger partial charge in [0.15, 0.2) is 5.75 Å². The number of hydrogen-bond acceptors (Lipinski definition) is 7. The molecule has 3 aromatic rings. The predicted molar refractivity (Wildman–Crippen MR) is 142 cm³/mol. The van der Waals surface area contributed by atoms with Crippen LogP contribution in [-0.4, -0.2) is 65.8 Å². The molecule has 0 atom stereocenters. The molecule has 0 unspecified atom stereocenters. The van der Waals surface area contributed by atoms with E-state index in [-0.39, 0.29) is 52.7 Å². The van der Waals surface area contributed by atoms with Crippen molar-refractivity contribution in [2.24, 2.45) is 0 Å². The number of anilines is 1. The number of aryl methyl sites for hydroxylation is 1. The Morgan fingerprint density at radius 2 is 1.79 bits per heavy atom. The van der Waals surface area contributed by atoms with Gasteiger partial charge < -0.3 is 10.2 Å². The highest BCUT2D eigenvalue weighted by molar-refractivity contribution is 7.92. The van der Waals surface area contributed by atoms with Crippen LogP contribution in [0.2, 0.25) is 5.02 Å². The molecule has 0 saturated heterocycles. The van der Waals surface area contributed by atoms with Crippen LogP contribution in [0.1, 0.15) is 57.7 Å². The van der Waals surface area contributed by atoms with Crippen LogP contribution in [0.4, 0.5) is 10.1 Å². The van der Waals surface area contributed by atoms with Crippen molar-refractivity contribution in [2.45, 2.75) is 39.2 Å². The minimum atomic E-state index is -3.94. The van der Waals surface area contributed by atoms with Gasteiger partial charge in [-0.25, -0.2) is 12.8 Å². The normalized spacial score (nSPS) is 13.9. The van der Waals surface area contributed by atoms with Gasteiger partial charge in [-0.1, -0.05) is 11.6 Å². The average Bonchev–Trinajstić information content (AvgIpc) is 3.04. The Kier molecular flexibility index (Phi) is 6.92. The molecule has 0 saturated carbocycles. The lowest BCUT2D eigenvalue weighted by Gasteiger charge is -2.23. The second-order valence-electron chi connectivity index (χ2n) is 10.1. The van der Waals surface area contributed by atoms with Crippen molar-refractivity contribution in [1.82, 2.24) is 9.88 Å². The first-order chi connectivity index (χ1) is 17.5. The Morgan fingerprint density at radius 1 is 1.16 bits per heavy atom. The SMILES string of the molecule is Cc1cc(F)c(Cc2cnc3c(O)c4c(c(N(C)S(C)(=O)=O)c3c2)C(=O)N(CCC(C)(C)O)C4=O)cc1Cl. The standard InChI is InChI=1S/C26H27ClFN3O6S/c1-13-8-18(28)15(11-17(13)27)9-14-10-16-21(29-12-14)23(32)20-19(22(16)30(4)38(5,36)37)24(33)31(25(20)34)7-6-26(2,3)35/h8,10-12,32,35H,6-7,9H2,1-5H3. The third-order valence-corrected chi connectivity index (χ3v) is 8.13. The highest BCUT2D eigenvalue weighted by atomic mass is 35.5. The molecule has 202 valence electrons. The zero-order chi connectivity index (χ0) is 28.3. The number of carbonyl (C=O) groups excluding carboxylic acids is 2. The van der Waals surface area contributed by atoms with Crippen LogP contribution in [0.5, 0.6) is 5.75 Å². The summed E-state index contributed by atoms with van der Waals surface area (Å²) in [4.78, 5) is 31.8. The van der Waals surface area contributed by atoms with Gasteiger partial charge in [-0.15, -0.1) is 0 Å². The van der Waals surface area contributed by atoms with Crippen LogP contribution in [0.15, 0.2) is 24.4 Å². The Labute approximate surface area is 224 Å². The Morgan fingerprint density at radius 3 is 2.39 bits per heavy atom. The summed E-state index contributed by atoms with van der Waals surface area (Å²) in [5, 5.41) is 21.6. The van der Waals surface area contributed by atoms with Crippen LogP contribution < -0.4 is 4.31 Å². The second kappa shape index (κ2) is 9.48. The number of pyridine rings is 1. The molecular formula is C26H27ClFN3O6S. The van der Waals surface area contributed by atoms with E-state index in [1.807, 2.05) is 0 Å². The number of benzene rings is 2. The molecule has 0 bridgehead atoms. The average molecular weight is 564 g/mol. The molecule has 2 amide bonds. The van der Waals surface area contributed by atoms with Gasteiger partial charge in [0.05, 0.1) is 28.7 Å². The summed E-state index contributed by atoms with van der Waals surface area (Å²) in [6.07, 6.45) is 2.41. The smallest absolute Gasteiger partial charge is 0.265 e. The van der Waals surface area contributed by atoms with Gasteiger partial charge in [-0.2, -0.15) is 0 Å². The highest BCUT2D eigenvalue weighted by Crippen LogP contribution is 2.44. The number of imide groups is 1. The van der Waals surface area contributed by atoms with E-state index < -0.39 is 39.0 Å². The molecule has 2 aromatic carbocycles. The van der Waals surface area contributed by atoms with Crippen molar-refractivity contribution in [3.63, 3.8) is 0 Å². The van der Waals surface area contributed by atoms with Gasteiger partial charge in [-0.3, -0.25) is 23.8 Å². The molecule has 1 aromatic heterocycles. The molecular weight excluding hydrogens is 537 g/mol.